The molecule has 1 unspecified atom stereocenters. The average molecular weight is 435 g/mol. The van der Waals surface area contributed by atoms with Crippen molar-refractivity contribution in [2.75, 3.05) is 12.9 Å². The maximum atomic E-state index is 12.3. The Morgan fingerprint density at radius 3 is 2.54 bits per heavy atom. The average Bonchev–Trinajstić information content (AvgIpc) is 2.57. The van der Waals surface area contributed by atoms with Gasteiger partial charge in [-0.2, -0.15) is 8.42 Å². The number of carbonyl (C=O) groups is 1. The summed E-state index contributed by atoms with van der Waals surface area (Å²) < 4.78 is 39.0. The molecule has 0 aromatic rings. The van der Waals surface area contributed by atoms with E-state index in [1.807, 2.05) is 0 Å². The minimum Gasteiger partial charge on any atom is -0.394 e. The van der Waals surface area contributed by atoms with Crippen LogP contribution in [0, 0.1) is 5.92 Å². The molecule has 0 aromatic heterocycles. The van der Waals surface area contributed by atoms with E-state index in [0.717, 1.165) is 0 Å². The second-order valence-electron chi connectivity index (χ2n) is 5.39. The van der Waals surface area contributed by atoms with Gasteiger partial charge in [0, 0.05) is 0 Å². The number of hydrogen-bond acceptors (Lipinski definition) is 11. The zero-order valence-corrected chi connectivity index (χ0v) is 16.0. The maximum absolute atomic E-state index is 12.3. The Kier molecular flexibility index (Phi) is 8.79. The van der Waals surface area contributed by atoms with E-state index in [1.54, 1.807) is 11.7 Å². The number of hydrogen-bond donors (Lipinski definition) is 7. The molecule has 152 valence electrons. The van der Waals surface area contributed by atoms with Gasteiger partial charge >= 0.3 is 10.4 Å². The van der Waals surface area contributed by atoms with Crippen LogP contribution in [0.2, 0.25) is 0 Å². The lowest BCUT2D eigenvalue weighted by molar-refractivity contribution is -0.253. The molecule has 0 spiro atoms. The third-order valence-electron chi connectivity index (χ3n) is 3.67. The molecule has 0 aliphatic carbocycles. The zero-order chi connectivity index (χ0) is 20.1. The van der Waals surface area contributed by atoms with Crippen molar-refractivity contribution in [2.24, 2.45) is 5.92 Å². The summed E-state index contributed by atoms with van der Waals surface area (Å²) in [7, 11) is -4.99. The third-order valence-corrected chi connectivity index (χ3v) is 5.11. The van der Waals surface area contributed by atoms with Crippen molar-refractivity contribution in [1.29, 1.82) is 0 Å². The van der Waals surface area contributed by atoms with E-state index in [9.17, 15) is 33.6 Å². The summed E-state index contributed by atoms with van der Waals surface area (Å²) in [5.74, 6) is -2.59. The molecule has 0 bridgehead atoms. The number of thioether (sulfide) groups is 1. The predicted octanol–water partition coefficient (Wildman–Crippen LogP) is -2.18. The number of aliphatic hydroxyl groups is 4. The molecular weight excluding hydrogens is 414 g/mol. The number of carbonyl (C=O) groups excluding carboxylic acids is 1. The van der Waals surface area contributed by atoms with E-state index in [0.29, 0.717) is 0 Å². The molecule has 1 rings (SSSR count). The second-order valence-corrected chi connectivity index (χ2v) is 7.85. The molecule has 14 heteroatoms. The maximum Gasteiger partial charge on any atom is 0.418 e. The number of hydroxylamine groups is 1. The fraction of sp³-hybridized carbons (Fsp3) is 0.750. The van der Waals surface area contributed by atoms with Crippen LogP contribution < -0.4 is 5.48 Å². The quantitative estimate of drug-likeness (QED) is 0.125. The van der Waals surface area contributed by atoms with Crippen LogP contribution in [0.1, 0.15) is 6.42 Å². The van der Waals surface area contributed by atoms with Gasteiger partial charge in [0.1, 0.15) is 24.4 Å². The first-order chi connectivity index (χ1) is 12.0. The Morgan fingerprint density at radius 1 is 1.42 bits per heavy atom. The largest absolute Gasteiger partial charge is 0.418 e. The Morgan fingerprint density at radius 2 is 2.04 bits per heavy atom. The molecule has 0 aromatic carbocycles. The summed E-state index contributed by atoms with van der Waals surface area (Å²) in [6.07, 6.45) is -3.63. The van der Waals surface area contributed by atoms with Gasteiger partial charge in [0.25, 0.3) is 5.91 Å². The number of nitrogens with one attached hydrogen (secondary N) is 1. The molecule has 1 fully saturated rings. The lowest BCUT2D eigenvalue weighted by Crippen LogP contribution is -2.66. The van der Waals surface area contributed by atoms with Crippen molar-refractivity contribution in [1.82, 2.24) is 5.48 Å². The molecule has 6 atom stereocenters. The lowest BCUT2D eigenvalue weighted by Gasteiger charge is -2.48. The summed E-state index contributed by atoms with van der Waals surface area (Å²) in [5.41, 5.74) is 1.49. The van der Waals surface area contributed by atoms with Crippen molar-refractivity contribution in [2.45, 2.75) is 35.8 Å². The normalized spacial score (nSPS) is 34.0. The van der Waals surface area contributed by atoms with Crippen molar-refractivity contribution in [3.05, 3.63) is 11.5 Å². The van der Waals surface area contributed by atoms with E-state index >= 15 is 0 Å². The highest BCUT2D eigenvalue weighted by Gasteiger charge is 2.57. The standard InChI is InChI=1S/C12H21NO10S3/c1-25-4-2-3-6(11(18)13-23-26(19,20)21)12(24)10(17)9(16)8(15)7(5-14)22-12/h2,4,6-10,14-17,24H,3,5H2,1H3,(H,13,18)(H,19,20,21)/b4-2+/t6?,7-,8-,9+,10-,12+/m1/s1. The highest BCUT2D eigenvalue weighted by molar-refractivity contribution is 8.01. The monoisotopic (exact) mass is 435 g/mol. The molecular formula is C12H21NO10S3. The Balaban J connectivity index is 3.16. The molecule has 6 N–H and O–H groups in total. The van der Waals surface area contributed by atoms with Crippen molar-refractivity contribution >= 4 is 40.7 Å². The lowest BCUT2D eigenvalue weighted by atomic mass is 9.85. The van der Waals surface area contributed by atoms with Crippen LogP contribution in [0.25, 0.3) is 0 Å². The molecule has 1 aliphatic rings. The highest BCUT2D eigenvalue weighted by Crippen LogP contribution is 2.41. The number of allylic oxidation sites excluding steroid dienone is 1. The zero-order valence-electron chi connectivity index (χ0n) is 13.5. The molecule has 1 saturated heterocycles. The minimum atomic E-state index is -4.99. The fourth-order valence-electron chi connectivity index (χ4n) is 2.38. The van der Waals surface area contributed by atoms with Crippen LogP contribution in [0.3, 0.4) is 0 Å². The van der Waals surface area contributed by atoms with Crippen LogP contribution in [0.15, 0.2) is 11.5 Å². The van der Waals surface area contributed by atoms with Gasteiger partial charge in [-0.3, -0.25) is 9.35 Å². The number of amides is 1. The van der Waals surface area contributed by atoms with Crippen molar-refractivity contribution in [3.8, 4) is 0 Å². The smallest absolute Gasteiger partial charge is 0.394 e. The van der Waals surface area contributed by atoms with Gasteiger partial charge in [0.05, 0.1) is 12.5 Å². The van der Waals surface area contributed by atoms with Crippen LogP contribution >= 0.6 is 24.4 Å². The molecule has 1 amide bonds. The van der Waals surface area contributed by atoms with E-state index in [-0.39, 0.29) is 6.42 Å². The van der Waals surface area contributed by atoms with Crippen LogP contribution in [0.5, 0.6) is 0 Å². The van der Waals surface area contributed by atoms with Gasteiger partial charge in [-0.25, -0.2) is 5.48 Å². The van der Waals surface area contributed by atoms with E-state index in [1.165, 1.54) is 23.3 Å². The van der Waals surface area contributed by atoms with E-state index < -0.39 is 58.2 Å². The van der Waals surface area contributed by atoms with Gasteiger partial charge in [-0.15, -0.1) is 28.7 Å². The summed E-state index contributed by atoms with van der Waals surface area (Å²) >= 11 is 5.42. The molecule has 11 nitrogen and oxygen atoms in total. The molecule has 1 heterocycles. The van der Waals surface area contributed by atoms with Gasteiger partial charge in [-0.05, 0) is 18.1 Å². The second kappa shape index (κ2) is 9.68. The fourth-order valence-corrected chi connectivity index (χ4v) is 3.39. The minimum absolute atomic E-state index is 0.150. The predicted molar refractivity (Wildman–Crippen MR) is 93.2 cm³/mol. The first-order valence-corrected chi connectivity index (χ1v) is 10.3. The van der Waals surface area contributed by atoms with Crippen LogP contribution in [0.4, 0.5) is 0 Å². The van der Waals surface area contributed by atoms with Crippen molar-refractivity contribution in [3.63, 3.8) is 0 Å². The molecule has 0 radical (unpaired) electrons. The summed E-state index contributed by atoms with van der Waals surface area (Å²) in [6, 6.07) is 0. The first kappa shape index (κ1) is 23.6. The van der Waals surface area contributed by atoms with E-state index in [4.69, 9.17) is 9.29 Å². The number of rotatable bonds is 8. The van der Waals surface area contributed by atoms with Gasteiger partial charge < -0.3 is 25.2 Å². The summed E-state index contributed by atoms with van der Waals surface area (Å²) in [6.45, 7) is -0.746. The Labute approximate surface area is 159 Å². The summed E-state index contributed by atoms with van der Waals surface area (Å²) in [4.78, 5) is 10.2. The Hall–Kier alpha value is -0.420. The van der Waals surface area contributed by atoms with Crippen molar-refractivity contribution < 1.29 is 47.2 Å². The number of thiol groups is 1. The summed E-state index contributed by atoms with van der Waals surface area (Å²) in [5, 5.41) is 40.9. The molecule has 26 heavy (non-hydrogen) atoms. The SMILES string of the molecule is CS/C=C/CC(C(=O)NOS(=O)(=O)O)[C@@]1(S)O[C@H](CO)[C@@H](O)[C@H](O)[C@H]1O. The van der Waals surface area contributed by atoms with Crippen LogP contribution in [-0.2, 0) is 24.2 Å². The Bertz CT molecular complexity index is 612. The van der Waals surface area contributed by atoms with Crippen LogP contribution in [-0.4, -0.2) is 81.5 Å². The third kappa shape index (κ3) is 5.79. The van der Waals surface area contributed by atoms with Gasteiger partial charge in [-0.1, -0.05) is 6.08 Å². The molecule has 0 saturated carbocycles. The highest BCUT2D eigenvalue weighted by atomic mass is 32.3. The van der Waals surface area contributed by atoms with Gasteiger partial charge in [0.15, 0.2) is 4.93 Å². The first-order valence-electron chi connectivity index (χ1n) is 7.16. The number of aliphatic hydroxyl groups excluding tert-OH is 4. The molecule has 1 aliphatic heterocycles. The topological polar surface area (TPSA) is 183 Å². The van der Waals surface area contributed by atoms with Gasteiger partial charge in [0.2, 0.25) is 0 Å². The van der Waals surface area contributed by atoms with E-state index in [2.05, 4.69) is 16.9 Å². The number of ether oxygens (including phenoxy) is 1.